The molecule has 0 aromatic heterocycles. The molecule has 0 bridgehead atoms. The van der Waals surface area contributed by atoms with Crippen LogP contribution in [-0.4, -0.2) is 25.2 Å². The Balaban J connectivity index is 3.32. The zero-order valence-corrected chi connectivity index (χ0v) is 20.9. The Labute approximate surface area is 175 Å². The normalized spacial score (nSPS) is 13.8. The molecule has 1 heteroatoms. The summed E-state index contributed by atoms with van der Waals surface area (Å²) < 4.78 is 0. The third kappa shape index (κ3) is 19.5. The van der Waals surface area contributed by atoms with Crippen molar-refractivity contribution in [1.82, 2.24) is 0 Å². The molecular formula is C26H56P+. The molecule has 0 heterocycles. The van der Waals surface area contributed by atoms with Crippen molar-refractivity contribution in [3.8, 4) is 0 Å². The fraction of sp³-hybridized carbons (Fsp3) is 1.00. The first-order chi connectivity index (χ1) is 13.2. The molecule has 0 saturated heterocycles. The van der Waals surface area contributed by atoms with E-state index in [2.05, 4.69) is 27.4 Å². The second-order valence-corrected chi connectivity index (χ2v) is 14.0. The first-order valence-electron chi connectivity index (χ1n) is 13.0. The highest BCUT2D eigenvalue weighted by molar-refractivity contribution is 7.75. The van der Waals surface area contributed by atoms with Crippen molar-refractivity contribution < 1.29 is 0 Å². The monoisotopic (exact) mass is 399 g/mol. The lowest BCUT2D eigenvalue weighted by molar-refractivity contribution is 0.531. The van der Waals surface area contributed by atoms with Crippen LogP contribution in [0.4, 0.5) is 0 Å². The molecule has 27 heavy (non-hydrogen) atoms. The Kier molecular flexibility index (Phi) is 21.5. The molecule has 0 aromatic rings. The molecule has 0 spiro atoms. The van der Waals surface area contributed by atoms with E-state index >= 15 is 0 Å². The third-order valence-corrected chi connectivity index (χ3v) is 10.7. The Morgan fingerprint density at radius 1 is 0.333 bits per heavy atom. The summed E-state index contributed by atoms with van der Waals surface area (Å²) in [5.41, 5.74) is 0. The van der Waals surface area contributed by atoms with Crippen LogP contribution in [0.15, 0.2) is 0 Å². The van der Waals surface area contributed by atoms with E-state index < -0.39 is 7.26 Å². The van der Waals surface area contributed by atoms with E-state index in [1.807, 2.05) is 0 Å². The molecular weight excluding hydrogens is 343 g/mol. The zero-order chi connectivity index (χ0) is 20.1. The van der Waals surface area contributed by atoms with E-state index in [0.717, 1.165) is 0 Å². The molecule has 0 radical (unpaired) electrons. The van der Waals surface area contributed by atoms with E-state index in [4.69, 9.17) is 0 Å². The predicted molar refractivity (Wildman–Crippen MR) is 132 cm³/mol. The maximum absolute atomic E-state index is 2.66. The summed E-state index contributed by atoms with van der Waals surface area (Å²) in [7, 11) is -0.574. The average Bonchev–Trinajstić information content (AvgIpc) is 2.66. The second-order valence-electron chi connectivity index (χ2n) is 9.45. The molecule has 164 valence electrons. The third-order valence-electron chi connectivity index (χ3n) is 6.37. The lowest BCUT2D eigenvalue weighted by Gasteiger charge is -2.22. The van der Waals surface area contributed by atoms with Crippen LogP contribution >= 0.6 is 7.26 Å². The molecule has 0 nitrogen and oxygen atoms in total. The number of hydrogen-bond acceptors (Lipinski definition) is 0. The Morgan fingerprint density at radius 3 is 1.04 bits per heavy atom. The van der Waals surface area contributed by atoms with Gasteiger partial charge in [-0.1, -0.05) is 117 Å². The highest BCUT2D eigenvalue weighted by Crippen LogP contribution is 2.56. The Hall–Kier alpha value is 0.430. The van der Waals surface area contributed by atoms with Gasteiger partial charge < -0.3 is 0 Å². The molecule has 0 aliphatic carbocycles. The highest BCUT2D eigenvalue weighted by Gasteiger charge is 2.28. The van der Waals surface area contributed by atoms with Gasteiger partial charge in [0.1, 0.15) is 0 Å². The summed E-state index contributed by atoms with van der Waals surface area (Å²) in [4.78, 5) is 0. The molecule has 1 unspecified atom stereocenters. The first kappa shape index (κ1) is 27.4. The van der Waals surface area contributed by atoms with E-state index in [9.17, 15) is 0 Å². The molecule has 0 N–H and O–H groups in total. The van der Waals surface area contributed by atoms with Crippen LogP contribution in [0.2, 0.25) is 0 Å². The van der Waals surface area contributed by atoms with Gasteiger partial charge in [-0.05, 0) is 25.7 Å². The summed E-state index contributed by atoms with van der Waals surface area (Å²) in [5.74, 6) is 0. The summed E-state index contributed by atoms with van der Waals surface area (Å²) >= 11 is 0. The average molecular weight is 400 g/mol. The van der Waals surface area contributed by atoms with Crippen LogP contribution in [0.25, 0.3) is 0 Å². The SMILES string of the molecule is CCCCCCCCCCCCCCCCCC[P+](C)(CCC)CCCC. The lowest BCUT2D eigenvalue weighted by Crippen LogP contribution is -2.06. The van der Waals surface area contributed by atoms with Gasteiger partial charge >= 0.3 is 0 Å². The van der Waals surface area contributed by atoms with Gasteiger partial charge in [-0.2, -0.15) is 0 Å². The maximum atomic E-state index is 2.66. The van der Waals surface area contributed by atoms with Crippen LogP contribution in [0.1, 0.15) is 143 Å². The number of rotatable bonds is 22. The number of unbranched alkanes of at least 4 members (excludes halogenated alkanes) is 16. The summed E-state index contributed by atoms with van der Waals surface area (Å²) in [5, 5.41) is 0. The van der Waals surface area contributed by atoms with E-state index in [0.29, 0.717) is 0 Å². The van der Waals surface area contributed by atoms with Crippen molar-refractivity contribution in [2.24, 2.45) is 0 Å². The van der Waals surface area contributed by atoms with Crippen molar-refractivity contribution in [3.05, 3.63) is 0 Å². The lowest BCUT2D eigenvalue weighted by atomic mass is 10.0. The summed E-state index contributed by atoms with van der Waals surface area (Å²) in [6.07, 6.45) is 32.7. The van der Waals surface area contributed by atoms with E-state index in [1.54, 1.807) is 18.5 Å². The molecule has 0 aliphatic rings. The van der Waals surface area contributed by atoms with Crippen LogP contribution in [-0.2, 0) is 0 Å². The van der Waals surface area contributed by atoms with Crippen LogP contribution < -0.4 is 0 Å². The highest BCUT2D eigenvalue weighted by atomic mass is 31.2. The largest absolute Gasteiger partial charge is 0.0654 e. The minimum absolute atomic E-state index is 0.574. The summed E-state index contributed by atoms with van der Waals surface area (Å²) in [6.45, 7) is 9.71. The zero-order valence-electron chi connectivity index (χ0n) is 20.0. The van der Waals surface area contributed by atoms with Crippen molar-refractivity contribution in [3.63, 3.8) is 0 Å². The fourth-order valence-corrected chi connectivity index (χ4v) is 8.27. The smallest absolute Gasteiger partial charge is 0.0591 e. The Morgan fingerprint density at radius 2 is 0.667 bits per heavy atom. The molecule has 0 rings (SSSR count). The quantitative estimate of drug-likeness (QED) is 0.125. The topological polar surface area (TPSA) is 0 Å². The molecule has 0 saturated carbocycles. The van der Waals surface area contributed by atoms with Crippen molar-refractivity contribution in [2.75, 3.05) is 25.2 Å². The molecule has 0 aliphatic heterocycles. The first-order valence-corrected chi connectivity index (χ1v) is 15.8. The van der Waals surface area contributed by atoms with Gasteiger partial charge in [0.15, 0.2) is 0 Å². The van der Waals surface area contributed by atoms with Gasteiger partial charge in [-0.15, -0.1) is 0 Å². The summed E-state index contributed by atoms with van der Waals surface area (Å²) in [6, 6.07) is 0. The van der Waals surface area contributed by atoms with Crippen molar-refractivity contribution >= 4 is 7.26 Å². The molecule has 0 fully saturated rings. The van der Waals surface area contributed by atoms with Crippen LogP contribution in [0.3, 0.4) is 0 Å². The fourth-order valence-electron chi connectivity index (χ4n) is 4.46. The predicted octanol–water partition coefficient (Wildman–Crippen LogP) is 10.1. The van der Waals surface area contributed by atoms with Gasteiger partial charge in [0, 0.05) is 13.9 Å². The van der Waals surface area contributed by atoms with Gasteiger partial charge in [0.2, 0.25) is 0 Å². The minimum Gasteiger partial charge on any atom is -0.0654 e. The van der Waals surface area contributed by atoms with Crippen LogP contribution in [0, 0.1) is 0 Å². The van der Waals surface area contributed by atoms with Crippen molar-refractivity contribution in [2.45, 2.75) is 143 Å². The second kappa shape index (κ2) is 21.1. The molecule has 0 amide bonds. The number of hydrogen-bond donors (Lipinski definition) is 0. The Bertz CT molecular complexity index is 275. The standard InChI is InChI=1S/C26H56P/c1-5-8-10-11-12-13-14-15-16-17-18-19-20-21-22-23-26-27(4,24-7-3)25-9-6-2/h5-26H2,1-4H3/q+1. The maximum Gasteiger partial charge on any atom is 0.0591 e. The van der Waals surface area contributed by atoms with Gasteiger partial charge in [-0.3, -0.25) is 0 Å². The minimum atomic E-state index is -0.574. The van der Waals surface area contributed by atoms with Crippen molar-refractivity contribution in [1.29, 1.82) is 0 Å². The van der Waals surface area contributed by atoms with Gasteiger partial charge in [0.05, 0.1) is 18.5 Å². The van der Waals surface area contributed by atoms with E-state index in [1.165, 1.54) is 122 Å². The van der Waals surface area contributed by atoms with Gasteiger partial charge in [0.25, 0.3) is 0 Å². The van der Waals surface area contributed by atoms with E-state index in [-0.39, 0.29) is 0 Å². The van der Waals surface area contributed by atoms with Gasteiger partial charge in [-0.25, -0.2) is 0 Å². The van der Waals surface area contributed by atoms with Crippen LogP contribution in [0.5, 0.6) is 0 Å². The molecule has 0 aromatic carbocycles. The molecule has 1 atom stereocenters.